The Bertz CT molecular complexity index is 210. The molecule has 4 heteroatoms. The third-order valence-corrected chi connectivity index (χ3v) is 3.92. The molecule has 0 aliphatic carbocycles. The quantitative estimate of drug-likeness (QED) is 0.717. The first-order chi connectivity index (χ1) is 4.96. The molecule has 0 aliphatic heterocycles. The van der Waals surface area contributed by atoms with Gasteiger partial charge in [-0.2, -0.15) is 0 Å². The largest absolute Gasteiger partial charge is 0.305 e. The summed E-state index contributed by atoms with van der Waals surface area (Å²) in [5.41, 5.74) is 0. The molecule has 68 valence electrons. The smallest absolute Gasteiger partial charge is 0.104 e. The van der Waals surface area contributed by atoms with Crippen LogP contribution in [0.3, 0.4) is 0 Å². The lowest BCUT2D eigenvalue weighted by molar-refractivity contribution is 0.291. The van der Waals surface area contributed by atoms with Gasteiger partial charge in [0.25, 0.3) is 0 Å². The summed E-state index contributed by atoms with van der Waals surface area (Å²) in [6, 6.07) is 0. The van der Waals surface area contributed by atoms with Crippen LogP contribution in [0.25, 0.3) is 0 Å². The minimum Gasteiger partial charge on any atom is -0.305 e. The molecule has 0 spiro atoms. The highest BCUT2D eigenvalue weighted by Crippen LogP contribution is 2.23. The van der Waals surface area contributed by atoms with E-state index < -0.39 is 9.63 Å². The second kappa shape index (κ2) is 3.47. The number of rotatable bonds is 4. The molecular formula is C7H16O3S. The lowest BCUT2D eigenvalue weighted by Gasteiger charge is -2.31. The van der Waals surface area contributed by atoms with Crippen molar-refractivity contribution in [3.05, 3.63) is 11.5 Å². The van der Waals surface area contributed by atoms with E-state index in [1.165, 1.54) is 11.5 Å². The van der Waals surface area contributed by atoms with Gasteiger partial charge in [-0.15, -0.1) is 0 Å². The van der Waals surface area contributed by atoms with Crippen LogP contribution < -0.4 is 0 Å². The standard InChI is InChI=1S/C7H16O3S/c1-4-7-11(8,9,6-3)10-5-2/h4,7H,5-6H2,1-3H3,(H,8,9)/b7-4+. The van der Waals surface area contributed by atoms with Gasteiger partial charge < -0.3 is 4.55 Å². The number of allylic oxidation sites excluding steroid dienone is 1. The predicted octanol–water partition coefficient (Wildman–Crippen LogP) is 1.78. The molecule has 0 fully saturated rings. The van der Waals surface area contributed by atoms with E-state index in [4.69, 9.17) is 4.18 Å². The average Bonchev–Trinajstić information content (AvgIpc) is 1.89. The van der Waals surface area contributed by atoms with Crippen LogP contribution in [0.5, 0.6) is 0 Å². The van der Waals surface area contributed by atoms with Crippen molar-refractivity contribution in [2.45, 2.75) is 20.8 Å². The second-order valence-electron chi connectivity index (χ2n) is 2.21. The zero-order chi connectivity index (χ0) is 8.98. The van der Waals surface area contributed by atoms with Crippen LogP contribution in [0.1, 0.15) is 20.8 Å². The Labute approximate surface area is 67.9 Å². The first kappa shape index (κ1) is 10.8. The maximum absolute atomic E-state index is 11.6. The molecule has 0 unspecified atom stereocenters. The van der Waals surface area contributed by atoms with Crippen LogP contribution in [0.15, 0.2) is 11.5 Å². The molecule has 0 radical (unpaired) electrons. The summed E-state index contributed by atoms with van der Waals surface area (Å²) in [5, 5.41) is 1.24. The van der Waals surface area contributed by atoms with Crippen LogP contribution in [0.2, 0.25) is 0 Å². The number of hydrogen-bond donors (Lipinski definition) is 1. The third-order valence-electron chi connectivity index (χ3n) is 1.31. The summed E-state index contributed by atoms with van der Waals surface area (Å²) in [7, 11) is -3.88. The van der Waals surface area contributed by atoms with Gasteiger partial charge in [0.2, 0.25) is 0 Å². The maximum Gasteiger partial charge on any atom is 0.104 e. The van der Waals surface area contributed by atoms with E-state index >= 15 is 0 Å². The molecule has 0 heterocycles. The van der Waals surface area contributed by atoms with Crippen LogP contribution >= 0.6 is 0 Å². The zero-order valence-corrected chi connectivity index (χ0v) is 8.06. The molecule has 0 aliphatic rings. The van der Waals surface area contributed by atoms with Gasteiger partial charge in [0.05, 0.1) is 6.61 Å². The molecule has 0 amide bonds. The topological polar surface area (TPSA) is 46.5 Å². The summed E-state index contributed by atoms with van der Waals surface area (Å²) in [6.45, 7) is 5.27. The summed E-state index contributed by atoms with van der Waals surface area (Å²) in [5.74, 6) is 0.107. The summed E-state index contributed by atoms with van der Waals surface area (Å²) in [6.07, 6.45) is 1.54. The van der Waals surface area contributed by atoms with Gasteiger partial charge in [-0.05, 0) is 13.8 Å². The van der Waals surface area contributed by atoms with E-state index in [1.54, 1.807) is 20.8 Å². The predicted molar refractivity (Wildman–Crippen MR) is 47.8 cm³/mol. The van der Waals surface area contributed by atoms with Crippen molar-refractivity contribution in [3.8, 4) is 0 Å². The molecule has 11 heavy (non-hydrogen) atoms. The van der Waals surface area contributed by atoms with Crippen LogP contribution in [0, 0.1) is 0 Å². The fraction of sp³-hybridized carbons (Fsp3) is 0.714. The Morgan fingerprint density at radius 1 is 1.55 bits per heavy atom. The summed E-state index contributed by atoms with van der Waals surface area (Å²) >= 11 is 0. The normalized spacial score (nSPS) is 16.5. The molecule has 0 rings (SSSR count). The Morgan fingerprint density at radius 3 is 2.36 bits per heavy atom. The molecule has 1 N–H and O–H groups in total. The Kier molecular flexibility index (Phi) is 3.41. The lowest BCUT2D eigenvalue weighted by atomic mass is 10.8. The highest BCUT2D eigenvalue weighted by Gasteiger charge is 2.27. The minimum atomic E-state index is -3.88. The van der Waals surface area contributed by atoms with Gasteiger partial charge in [0.15, 0.2) is 0 Å². The zero-order valence-electron chi connectivity index (χ0n) is 7.24. The fourth-order valence-electron chi connectivity index (χ4n) is 0.739. The van der Waals surface area contributed by atoms with Crippen LogP contribution in [-0.2, 0) is 13.8 Å². The molecule has 0 atom stereocenters. The molecule has 0 saturated heterocycles. The van der Waals surface area contributed by atoms with Gasteiger partial charge in [-0.1, -0.05) is 13.0 Å². The van der Waals surface area contributed by atoms with Gasteiger partial charge >= 0.3 is 0 Å². The van der Waals surface area contributed by atoms with Crippen molar-refractivity contribution in [3.63, 3.8) is 0 Å². The molecule has 0 aromatic rings. The lowest BCUT2D eigenvalue weighted by Crippen LogP contribution is -2.34. The Balaban J connectivity index is 4.66. The number of hydrogen-bond acceptors (Lipinski definition) is 2. The molecule has 0 aromatic heterocycles. The summed E-state index contributed by atoms with van der Waals surface area (Å²) < 4.78 is 26.0. The van der Waals surface area contributed by atoms with Crippen molar-refractivity contribution in [2.24, 2.45) is 0 Å². The van der Waals surface area contributed by atoms with Crippen molar-refractivity contribution < 1.29 is 12.9 Å². The second-order valence-corrected chi connectivity index (χ2v) is 5.39. The molecule has 0 saturated carbocycles. The van der Waals surface area contributed by atoms with Gasteiger partial charge in [0, 0.05) is 11.2 Å². The highest BCUT2D eigenvalue weighted by atomic mass is 32.3. The minimum absolute atomic E-state index is 0.107. The molecule has 0 aromatic carbocycles. The fourth-order valence-corrected chi connectivity index (χ4v) is 2.22. The third kappa shape index (κ3) is 3.14. The Morgan fingerprint density at radius 2 is 2.09 bits per heavy atom. The van der Waals surface area contributed by atoms with Crippen LogP contribution in [-0.4, -0.2) is 21.1 Å². The SMILES string of the molecule is C/C=C/S(=O)(O)(CC)OCC. The monoisotopic (exact) mass is 180 g/mol. The van der Waals surface area contributed by atoms with Crippen molar-refractivity contribution in [2.75, 3.05) is 12.4 Å². The molecular weight excluding hydrogens is 164 g/mol. The molecule has 3 nitrogen and oxygen atoms in total. The van der Waals surface area contributed by atoms with E-state index in [2.05, 4.69) is 0 Å². The van der Waals surface area contributed by atoms with E-state index in [0.717, 1.165) is 0 Å². The van der Waals surface area contributed by atoms with Crippen molar-refractivity contribution >= 4 is 9.63 Å². The highest BCUT2D eigenvalue weighted by molar-refractivity contribution is 8.13. The Hall–Kier alpha value is -0.190. The van der Waals surface area contributed by atoms with Gasteiger partial charge in [-0.25, -0.2) is 4.21 Å². The van der Waals surface area contributed by atoms with E-state index in [0.29, 0.717) is 0 Å². The average molecular weight is 180 g/mol. The van der Waals surface area contributed by atoms with Gasteiger partial charge in [-0.3, -0.25) is 4.18 Å². The maximum atomic E-state index is 11.6. The summed E-state index contributed by atoms with van der Waals surface area (Å²) in [4.78, 5) is 0. The van der Waals surface area contributed by atoms with Crippen molar-refractivity contribution in [1.29, 1.82) is 0 Å². The van der Waals surface area contributed by atoms with Crippen LogP contribution in [0.4, 0.5) is 0 Å². The molecule has 0 bridgehead atoms. The van der Waals surface area contributed by atoms with Gasteiger partial charge in [0.1, 0.15) is 9.63 Å². The van der Waals surface area contributed by atoms with E-state index in [1.807, 2.05) is 0 Å². The first-order valence-electron chi connectivity index (χ1n) is 3.65. The van der Waals surface area contributed by atoms with Crippen molar-refractivity contribution in [1.82, 2.24) is 0 Å². The van der Waals surface area contributed by atoms with E-state index in [-0.39, 0.29) is 12.4 Å². The first-order valence-corrected chi connectivity index (χ1v) is 5.73. The van der Waals surface area contributed by atoms with E-state index in [9.17, 15) is 8.76 Å².